The number of ether oxygens (including phenoxy) is 1. The van der Waals surface area contributed by atoms with E-state index in [1.165, 1.54) is 22.3 Å². The molecule has 0 amide bonds. The molecule has 0 aliphatic rings. The van der Waals surface area contributed by atoms with E-state index in [1.807, 2.05) is 48.5 Å². The van der Waals surface area contributed by atoms with Gasteiger partial charge in [-0.3, -0.25) is 0 Å². The Labute approximate surface area is 148 Å². The molecule has 0 aliphatic heterocycles. The van der Waals surface area contributed by atoms with Crippen LogP contribution in [0.2, 0.25) is 0 Å². The second-order valence-electron chi connectivity index (χ2n) is 5.85. The molecule has 4 rings (SSSR count). The van der Waals surface area contributed by atoms with Crippen molar-refractivity contribution >= 4 is 0 Å². The summed E-state index contributed by atoms with van der Waals surface area (Å²) in [6.45, 7) is 0. The van der Waals surface area contributed by atoms with Gasteiger partial charge in [-0.05, 0) is 46.5 Å². The van der Waals surface area contributed by atoms with Gasteiger partial charge in [-0.25, -0.2) is 0 Å². The molecule has 1 heteroatoms. The number of para-hydroxylation sites is 1. The molecule has 0 atom stereocenters. The number of benzene rings is 4. The van der Waals surface area contributed by atoms with Crippen molar-refractivity contribution in [1.29, 1.82) is 0 Å². The number of hydrogen-bond acceptors (Lipinski definition) is 1. The molecule has 0 unspecified atom stereocenters. The minimum absolute atomic E-state index is 0.840. The Morgan fingerprint density at radius 3 is 1.40 bits per heavy atom. The van der Waals surface area contributed by atoms with Crippen LogP contribution in [0.15, 0.2) is 109 Å². The Bertz CT molecular complexity index is 942. The molecule has 0 aliphatic carbocycles. The molecule has 0 heterocycles. The van der Waals surface area contributed by atoms with E-state index in [4.69, 9.17) is 4.74 Å². The van der Waals surface area contributed by atoms with Crippen molar-refractivity contribution in [2.75, 3.05) is 0 Å². The van der Waals surface area contributed by atoms with Crippen LogP contribution >= 0.6 is 0 Å². The highest BCUT2D eigenvalue weighted by molar-refractivity contribution is 5.83. The van der Waals surface area contributed by atoms with Crippen molar-refractivity contribution in [3.8, 4) is 33.8 Å². The number of hydrogen-bond donors (Lipinski definition) is 0. The minimum atomic E-state index is 0.840. The molecule has 1 nitrogen and oxygen atoms in total. The predicted molar refractivity (Wildman–Crippen MR) is 104 cm³/mol. The lowest BCUT2D eigenvalue weighted by Gasteiger charge is -2.11. The Hall–Kier alpha value is -3.32. The van der Waals surface area contributed by atoms with Crippen LogP contribution in [0.25, 0.3) is 22.3 Å². The minimum Gasteiger partial charge on any atom is -0.457 e. The van der Waals surface area contributed by atoms with E-state index in [9.17, 15) is 0 Å². The van der Waals surface area contributed by atoms with E-state index in [0.29, 0.717) is 0 Å². The van der Waals surface area contributed by atoms with Crippen LogP contribution in [0.4, 0.5) is 0 Å². The normalized spacial score (nSPS) is 10.4. The average molecular weight is 322 g/mol. The Balaban J connectivity index is 1.65. The fraction of sp³-hybridized carbons (Fsp3) is 0. The predicted octanol–water partition coefficient (Wildman–Crippen LogP) is 6.81. The van der Waals surface area contributed by atoms with Crippen molar-refractivity contribution in [1.82, 2.24) is 0 Å². The maximum Gasteiger partial charge on any atom is 0.127 e. The largest absolute Gasteiger partial charge is 0.457 e. The van der Waals surface area contributed by atoms with Gasteiger partial charge in [0.2, 0.25) is 0 Å². The van der Waals surface area contributed by atoms with Crippen LogP contribution in [0.1, 0.15) is 0 Å². The molecule has 120 valence electrons. The van der Waals surface area contributed by atoms with Gasteiger partial charge in [-0.15, -0.1) is 0 Å². The number of rotatable bonds is 4. The topological polar surface area (TPSA) is 9.23 Å². The fourth-order valence-corrected chi connectivity index (χ4v) is 2.93. The first-order valence-corrected chi connectivity index (χ1v) is 8.38. The van der Waals surface area contributed by atoms with E-state index >= 15 is 0 Å². The molecule has 0 spiro atoms. The van der Waals surface area contributed by atoms with Crippen molar-refractivity contribution < 1.29 is 4.74 Å². The van der Waals surface area contributed by atoms with Gasteiger partial charge in [0, 0.05) is 0 Å². The summed E-state index contributed by atoms with van der Waals surface area (Å²) in [5.74, 6) is 1.69. The molecule has 25 heavy (non-hydrogen) atoms. The van der Waals surface area contributed by atoms with Crippen molar-refractivity contribution in [3.05, 3.63) is 109 Å². The maximum atomic E-state index is 5.88. The smallest absolute Gasteiger partial charge is 0.127 e. The highest BCUT2D eigenvalue weighted by atomic mass is 16.5. The van der Waals surface area contributed by atoms with E-state index in [1.54, 1.807) is 0 Å². The summed E-state index contributed by atoms with van der Waals surface area (Å²) in [5.41, 5.74) is 4.86. The molecule has 0 saturated heterocycles. The first-order chi connectivity index (χ1) is 12.4. The van der Waals surface area contributed by atoms with Gasteiger partial charge in [0.25, 0.3) is 0 Å². The van der Waals surface area contributed by atoms with Gasteiger partial charge in [-0.2, -0.15) is 0 Å². The van der Waals surface area contributed by atoms with Crippen molar-refractivity contribution in [3.63, 3.8) is 0 Å². The zero-order valence-corrected chi connectivity index (χ0v) is 13.8. The Morgan fingerprint density at radius 1 is 0.360 bits per heavy atom. The lowest BCUT2D eigenvalue weighted by atomic mass is 9.95. The van der Waals surface area contributed by atoms with Crippen LogP contribution < -0.4 is 4.74 Å². The summed E-state index contributed by atoms with van der Waals surface area (Å²) in [6, 6.07) is 37.1. The average Bonchev–Trinajstić information content (AvgIpc) is 2.70. The molecule has 0 N–H and O–H groups in total. The summed E-state index contributed by atoms with van der Waals surface area (Å²) in [5, 5.41) is 0. The third kappa shape index (κ3) is 3.46. The summed E-state index contributed by atoms with van der Waals surface area (Å²) in [4.78, 5) is 0. The van der Waals surface area contributed by atoms with Crippen LogP contribution in [0, 0.1) is 0 Å². The molecule has 0 bridgehead atoms. The lowest BCUT2D eigenvalue weighted by Crippen LogP contribution is -1.86. The molecule has 0 fully saturated rings. The van der Waals surface area contributed by atoms with Crippen LogP contribution in [0.5, 0.6) is 11.5 Å². The van der Waals surface area contributed by atoms with Crippen LogP contribution in [0.3, 0.4) is 0 Å². The highest BCUT2D eigenvalue weighted by Crippen LogP contribution is 2.33. The van der Waals surface area contributed by atoms with Gasteiger partial charge >= 0.3 is 0 Å². The Kier molecular flexibility index (Phi) is 4.30. The van der Waals surface area contributed by atoms with E-state index < -0.39 is 0 Å². The molecule has 4 aromatic carbocycles. The third-order valence-electron chi connectivity index (χ3n) is 4.16. The highest BCUT2D eigenvalue weighted by Gasteiger charge is 2.07. The monoisotopic (exact) mass is 322 g/mol. The van der Waals surface area contributed by atoms with Crippen LogP contribution in [-0.4, -0.2) is 0 Å². The third-order valence-corrected chi connectivity index (χ3v) is 4.16. The van der Waals surface area contributed by atoms with Crippen LogP contribution in [-0.2, 0) is 0 Å². The van der Waals surface area contributed by atoms with E-state index in [0.717, 1.165) is 11.5 Å². The molecule has 0 saturated carbocycles. The van der Waals surface area contributed by atoms with Gasteiger partial charge in [0.15, 0.2) is 0 Å². The first-order valence-electron chi connectivity index (χ1n) is 8.38. The molecule has 0 radical (unpaired) electrons. The Morgan fingerprint density at radius 2 is 0.800 bits per heavy atom. The van der Waals surface area contributed by atoms with Gasteiger partial charge in [0.05, 0.1) is 0 Å². The maximum absolute atomic E-state index is 5.88. The van der Waals surface area contributed by atoms with Crippen molar-refractivity contribution in [2.24, 2.45) is 0 Å². The molecule has 0 aromatic heterocycles. The lowest BCUT2D eigenvalue weighted by molar-refractivity contribution is 0.483. The second kappa shape index (κ2) is 7.06. The summed E-state index contributed by atoms with van der Waals surface area (Å²) in [7, 11) is 0. The molecular weight excluding hydrogens is 304 g/mol. The first kappa shape index (κ1) is 15.2. The summed E-state index contributed by atoms with van der Waals surface area (Å²) >= 11 is 0. The van der Waals surface area contributed by atoms with Gasteiger partial charge in [-0.1, -0.05) is 84.9 Å². The molecule has 4 aromatic rings. The van der Waals surface area contributed by atoms with Crippen molar-refractivity contribution in [2.45, 2.75) is 0 Å². The van der Waals surface area contributed by atoms with E-state index in [-0.39, 0.29) is 0 Å². The van der Waals surface area contributed by atoms with Gasteiger partial charge < -0.3 is 4.74 Å². The van der Waals surface area contributed by atoms with Gasteiger partial charge in [0.1, 0.15) is 11.5 Å². The second-order valence-corrected chi connectivity index (χ2v) is 5.85. The SMILES string of the molecule is c1ccc(Oc2ccc(-c3ccccc3-c3ccccc3)cc2)cc1. The zero-order valence-electron chi connectivity index (χ0n) is 13.8. The zero-order chi connectivity index (χ0) is 16.9. The quantitative estimate of drug-likeness (QED) is 0.401. The molecular formula is C24H18O. The fourth-order valence-electron chi connectivity index (χ4n) is 2.93. The summed E-state index contributed by atoms with van der Waals surface area (Å²) < 4.78 is 5.88. The standard InChI is InChI=1S/C24H18O/c1-3-9-19(10-4-1)23-13-7-8-14-24(23)20-15-17-22(18-16-20)25-21-11-5-2-6-12-21/h1-18H. The van der Waals surface area contributed by atoms with E-state index in [2.05, 4.69) is 60.7 Å². The summed E-state index contributed by atoms with van der Waals surface area (Å²) in [6.07, 6.45) is 0.